The van der Waals surface area contributed by atoms with Gasteiger partial charge in [-0.25, -0.2) is 4.99 Å². The Hall–Kier alpha value is -3.99. The summed E-state index contributed by atoms with van der Waals surface area (Å²) in [5.41, 5.74) is 1.78. The summed E-state index contributed by atoms with van der Waals surface area (Å²) in [5, 5.41) is 0. The number of allylic oxidation sites excluding steroid dienone is 1. The first-order valence-electron chi connectivity index (χ1n) is 12.3. The zero-order valence-electron chi connectivity index (χ0n) is 22.2. The van der Waals surface area contributed by atoms with Crippen molar-refractivity contribution in [3.8, 4) is 17.2 Å². The second-order valence-electron chi connectivity index (χ2n) is 8.59. The summed E-state index contributed by atoms with van der Waals surface area (Å²) in [6, 6.07) is 10.9. The lowest BCUT2D eigenvalue weighted by Gasteiger charge is -2.29. The number of ether oxygens (including phenoxy) is 3. The first-order valence-corrected chi connectivity index (χ1v) is 13.1. The maximum absolute atomic E-state index is 13.9. The molecule has 0 saturated carbocycles. The smallest absolute Gasteiger partial charge is 0.387 e. The van der Waals surface area contributed by atoms with Crippen LogP contribution in [0.4, 0.5) is 8.78 Å². The SMILES string of the molecule is CCN(CC)C(=O)C1=C(C)N=c2s/c(=C\c3ccc(OC(F)F)c(OC)c3)c(=O)n2[C@@H]1c1ccccc1OC. The van der Waals surface area contributed by atoms with E-state index in [1.165, 1.54) is 35.1 Å². The van der Waals surface area contributed by atoms with E-state index in [2.05, 4.69) is 9.73 Å². The van der Waals surface area contributed by atoms with E-state index in [4.69, 9.17) is 9.47 Å². The van der Waals surface area contributed by atoms with Crippen molar-refractivity contribution in [2.75, 3.05) is 27.3 Å². The Bertz CT molecular complexity index is 1590. The predicted molar refractivity (Wildman–Crippen MR) is 144 cm³/mol. The highest BCUT2D eigenvalue weighted by atomic mass is 32.1. The molecule has 0 N–H and O–H groups in total. The van der Waals surface area contributed by atoms with Crippen LogP contribution in [0.25, 0.3) is 6.08 Å². The monoisotopic (exact) mass is 557 g/mol. The number of nitrogens with zero attached hydrogens (tertiary/aromatic N) is 3. The van der Waals surface area contributed by atoms with Crippen molar-refractivity contribution in [1.82, 2.24) is 9.47 Å². The second kappa shape index (κ2) is 11.8. The molecule has 0 unspecified atom stereocenters. The fraction of sp³-hybridized carbons (Fsp3) is 0.321. The number of fused-ring (bicyclic) bond motifs is 1. The zero-order chi connectivity index (χ0) is 28.3. The lowest BCUT2D eigenvalue weighted by molar-refractivity contribution is -0.127. The standard InChI is InChI=1S/C28H29F2N3O5S/c1-6-32(7-2)26(35)23-16(3)31-28-33(24(23)18-10-8-9-11-19(18)36-4)25(34)22(39-28)15-17-12-13-20(38-27(29)30)21(14-17)37-5/h8-15,24,27H,6-7H2,1-5H3/b22-15-/t24-/m1/s1. The van der Waals surface area contributed by atoms with E-state index in [-0.39, 0.29) is 23.0 Å². The fourth-order valence-electron chi connectivity index (χ4n) is 4.58. The summed E-state index contributed by atoms with van der Waals surface area (Å²) in [5.74, 6) is 0.325. The van der Waals surface area contributed by atoms with Gasteiger partial charge < -0.3 is 19.1 Å². The number of carbonyl (C=O) groups excluding carboxylic acids is 1. The highest BCUT2D eigenvalue weighted by molar-refractivity contribution is 7.07. The Labute approximate surface area is 228 Å². The van der Waals surface area contributed by atoms with Gasteiger partial charge in [0.25, 0.3) is 11.5 Å². The summed E-state index contributed by atoms with van der Waals surface area (Å²) in [7, 11) is 2.88. The van der Waals surface area contributed by atoms with Crippen LogP contribution in [-0.4, -0.2) is 49.3 Å². The molecule has 1 aliphatic heterocycles. The molecule has 8 nitrogen and oxygen atoms in total. The molecule has 1 amide bonds. The van der Waals surface area contributed by atoms with E-state index in [1.54, 1.807) is 37.1 Å². The minimum absolute atomic E-state index is 0.103. The third-order valence-corrected chi connectivity index (χ3v) is 7.42. The van der Waals surface area contributed by atoms with Crippen molar-refractivity contribution in [3.63, 3.8) is 0 Å². The molecule has 0 spiro atoms. The molecular weight excluding hydrogens is 528 g/mol. The van der Waals surface area contributed by atoms with Crippen LogP contribution < -0.4 is 29.1 Å². The molecule has 206 valence electrons. The average molecular weight is 558 g/mol. The maximum atomic E-state index is 13.9. The minimum Gasteiger partial charge on any atom is -0.496 e. The Morgan fingerprint density at radius 1 is 1.10 bits per heavy atom. The summed E-state index contributed by atoms with van der Waals surface area (Å²) >= 11 is 1.17. The summed E-state index contributed by atoms with van der Waals surface area (Å²) in [6.07, 6.45) is 1.63. The van der Waals surface area contributed by atoms with Crippen LogP contribution >= 0.6 is 11.3 Å². The fourth-order valence-corrected chi connectivity index (χ4v) is 5.63. The molecule has 2 heterocycles. The van der Waals surface area contributed by atoms with E-state index < -0.39 is 12.7 Å². The van der Waals surface area contributed by atoms with Crippen LogP contribution in [-0.2, 0) is 4.79 Å². The van der Waals surface area contributed by atoms with Gasteiger partial charge in [0.2, 0.25) is 0 Å². The normalized spacial score (nSPS) is 15.2. The quantitative estimate of drug-likeness (QED) is 0.401. The molecule has 0 aliphatic carbocycles. The molecule has 0 saturated heterocycles. The van der Waals surface area contributed by atoms with E-state index in [0.29, 0.717) is 50.6 Å². The zero-order valence-corrected chi connectivity index (χ0v) is 23.1. The first kappa shape index (κ1) is 28.0. The summed E-state index contributed by atoms with van der Waals surface area (Å²) in [6.45, 7) is 3.57. The largest absolute Gasteiger partial charge is 0.496 e. The number of amides is 1. The number of para-hydroxylation sites is 1. The van der Waals surface area contributed by atoms with Crippen LogP contribution in [0.2, 0.25) is 0 Å². The van der Waals surface area contributed by atoms with E-state index >= 15 is 0 Å². The molecule has 1 atom stereocenters. The van der Waals surface area contributed by atoms with Gasteiger partial charge in [-0.05, 0) is 50.6 Å². The first-order chi connectivity index (χ1) is 18.7. The number of alkyl halides is 2. The molecule has 2 aromatic carbocycles. The second-order valence-corrected chi connectivity index (χ2v) is 9.60. The van der Waals surface area contributed by atoms with Gasteiger partial charge in [-0.15, -0.1) is 0 Å². The number of aromatic nitrogens is 1. The molecule has 0 radical (unpaired) electrons. The van der Waals surface area contributed by atoms with Gasteiger partial charge in [-0.1, -0.05) is 35.6 Å². The van der Waals surface area contributed by atoms with Crippen molar-refractivity contribution >= 4 is 23.3 Å². The average Bonchev–Trinajstić information content (AvgIpc) is 3.22. The molecule has 1 aromatic heterocycles. The number of hydrogen-bond acceptors (Lipinski definition) is 7. The van der Waals surface area contributed by atoms with Crippen molar-refractivity contribution in [2.45, 2.75) is 33.4 Å². The number of halogens is 2. The van der Waals surface area contributed by atoms with Crippen LogP contribution in [0.5, 0.6) is 17.2 Å². The highest BCUT2D eigenvalue weighted by Gasteiger charge is 2.35. The van der Waals surface area contributed by atoms with E-state index in [9.17, 15) is 18.4 Å². The van der Waals surface area contributed by atoms with Gasteiger partial charge in [0.1, 0.15) is 11.8 Å². The number of likely N-dealkylation sites (N-methyl/N-ethyl adjacent to an activating group) is 1. The molecule has 4 rings (SSSR count). The highest BCUT2D eigenvalue weighted by Crippen LogP contribution is 2.36. The molecule has 0 bridgehead atoms. The van der Waals surface area contributed by atoms with Gasteiger partial charge in [0.05, 0.1) is 30.0 Å². The van der Waals surface area contributed by atoms with Crippen LogP contribution in [0, 0.1) is 0 Å². The number of thiazole rings is 1. The topological polar surface area (TPSA) is 82.4 Å². The van der Waals surface area contributed by atoms with Crippen molar-refractivity contribution < 1.29 is 27.8 Å². The Morgan fingerprint density at radius 3 is 2.44 bits per heavy atom. The van der Waals surface area contributed by atoms with Crippen molar-refractivity contribution in [2.24, 2.45) is 4.99 Å². The number of hydrogen-bond donors (Lipinski definition) is 0. The Kier molecular flexibility index (Phi) is 8.49. The third-order valence-electron chi connectivity index (χ3n) is 6.44. The van der Waals surface area contributed by atoms with Gasteiger partial charge in [0.15, 0.2) is 16.3 Å². The molecule has 39 heavy (non-hydrogen) atoms. The number of carbonyl (C=O) groups is 1. The number of benzene rings is 2. The molecular formula is C28H29F2N3O5S. The summed E-state index contributed by atoms with van der Waals surface area (Å²) < 4.78 is 42.6. The molecule has 1 aliphatic rings. The minimum atomic E-state index is -3.00. The van der Waals surface area contributed by atoms with E-state index in [0.717, 1.165) is 0 Å². The Morgan fingerprint density at radius 2 is 1.79 bits per heavy atom. The van der Waals surface area contributed by atoms with Gasteiger partial charge in [-0.2, -0.15) is 8.78 Å². The van der Waals surface area contributed by atoms with Crippen molar-refractivity contribution in [3.05, 3.63) is 84.5 Å². The van der Waals surface area contributed by atoms with Crippen LogP contribution in [0.15, 0.2) is 63.5 Å². The van der Waals surface area contributed by atoms with Gasteiger partial charge in [0, 0.05) is 18.7 Å². The molecule has 11 heteroatoms. The molecule has 0 fully saturated rings. The van der Waals surface area contributed by atoms with Gasteiger partial charge >= 0.3 is 6.61 Å². The Balaban J connectivity index is 1.93. The lowest BCUT2D eigenvalue weighted by Crippen LogP contribution is -2.43. The summed E-state index contributed by atoms with van der Waals surface area (Å²) in [4.78, 5) is 34.4. The van der Waals surface area contributed by atoms with Crippen LogP contribution in [0.3, 0.4) is 0 Å². The van der Waals surface area contributed by atoms with E-state index in [1.807, 2.05) is 32.0 Å². The number of rotatable bonds is 9. The maximum Gasteiger partial charge on any atom is 0.387 e. The van der Waals surface area contributed by atoms with Gasteiger partial charge in [-0.3, -0.25) is 14.2 Å². The predicted octanol–water partition coefficient (Wildman–Crippen LogP) is 3.72. The van der Waals surface area contributed by atoms with Crippen LogP contribution in [0.1, 0.15) is 37.9 Å². The molecule has 3 aromatic rings. The third kappa shape index (κ3) is 5.44. The number of methoxy groups -OCH3 is 2. The van der Waals surface area contributed by atoms with Crippen molar-refractivity contribution in [1.29, 1.82) is 0 Å². The lowest BCUT2D eigenvalue weighted by atomic mass is 9.94.